The third kappa shape index (κ3) is 3.98. The first-order valence-corrected chi connectivity index (χ1v) is 7.74. The number of amides is 2. The maximum absolute atomic E-state index is 12.5. The fourth-order valence-corrected chi connectivity index (χ4v) is 2.75. The normalized spacial score (nSPS) is 17.6. The number of carbonyl (C=O) groups excluding carboxylic acids is 2. The number of anilines is 1. The van der Waals surface area contributed by atoms with Crippen LogP contribution in [0.25, 0.3) is 5.69 Å². The molecule has 1 atom stereocenters. The molecule has 2 heterocycles. The first-order valence-electron chi connectivity index (χ1n) is 7.74. The molecule has 1 aliphatic rings. The molecule has 2 amide bonds. The average Bonchev–Trinajstić information content (AvgIpc) is 3.12. The highest BCUT2D eigenvalue weighted by Crippen LogP contribution is 2.25. The molecule has 0 bridgehead atoms. The fraction of sp³-hybridized carbons (Fsp3) is 0.400. The molecule has 1 aromatic carbocycles. The minimum absolute atomic E-state index is 0.242. The van der Waals surface area contributed by atoms with Gasteiger partial charge < -0.3 is 10.2 Å². The molecule has 138 valence electrons. The number of rotatable bonds is 4. The second kappa shape index (κ2) is 6.73. The number of likely N-dealkylation sites (tertiary alicyclic amines) is 1. The van der Waals surface area contributed by atoms with Crippen molar-refractivity contribution >= 4 is 17.5 Å². The number of nitrogens with zero attached hydrogens (tertiary/aromatic N) is 5. The Morgan fingerprint density at radius 3 is 2.81 bits per heavy atom. The summed E-state index contributed by atoms with van der Waals surface area (Å²) in [6, 6.07) is 6.68. The summed E-state index contributed by atoms with van der Waals surface area (Å²) in [4.78, 5) is 24.7. The first-order chi connectivity index (χ1) is 12.2. The molecule has 1 N–H and O–H groups in total. The zero-order chi connectivity index (χ0) is 18.9. The summed E-state index contributed by atoms with van der Waals surface area (Å²) < 4.78 is 38.8. The van der Waals surface area contributed by atoms with Crippen molar-refractivity contribution in [3.8, 4) is 5.69 Å². The number of aromatic nitrogens is 4. The van der Waals surface area contributed by atoms with E-state index in [1.165, 1.54) is 4.68 Å². The van der Waals surface area contributed by atoms with E-state index in [1.54, 1.807) is 31.2 Å². The van der Waals surface area contributed by atoms with Crippen LogP contribution in [-0.2, 0) is 9.59 Å². The first kappa shape index (κ1) is 17.8. The van der Waals surface area contributed by atoms with E-state index in [0.29, 0.717) is 22.1 Å². The fourth-order valence-electron chi connectivity index (χ4n) is 2.75. The van der Waals surface area contributed by atoms with Crippen molar-refractivity contribution in [2.24, 2.45) is 5.92 Å². The molecule has 0 saturated carbocycles. The number of aryl methyl sites for hydroxylation is 1. The Morgan fingerprint density at radius 2 is 2.15 bits per heavy atom. The van der Waals surface area contributed by atoms with Crippen LogP contribution in [0.1, 0.15) is 12.2 Å². The Morgan fingerprint density at radius 1 is 1.38 bits per heavy atom. The Hall–Kier alpha value is -2.98. The zero-order valence-electron chi connectivity index (χ0n) is 13.7. The van der Waals surface area contributed by atoms with E-state index in [0.717, 1.165) is 0 Å². The summed E-state index contributed by atoms with van der Waals surface area (Å²) in [5.41, 5.74) is 1.05. The molecule has 2 aromatic rings. The topological polar surface area (TPSA) is 93.0 Å². The monoisotopic (exact) mass is 368 g/mol. The van der Waals surface area contributed by atoms with Crippen LogP contribution in [0.2, 0.25) is 0 Å². The quantitative estimate of drug-likeness (QED) is 0.879. The van der Waals surface area contributed by atoms with Crippen molar-refractivity contribution in [1.82, 2.24) is 25.1 Å². The lowest BCUT2D eigenvalue weighted by Gasteiger charge is -2.18. The van der Waals surface area contributed by atoms with Gasteiger partial charge in [-0.25, -0.2) is 0 Å². The number of hydrogen-bond acceptors (Lipinski definition) is 5. The highest BCUT2D eigenvalue weighted by molar-refractivity contribution is 5.97. The Balaban J connectivity index is 1.67. The Kier molecular flexibility index (Phi) is 4.62. The minimum Gasteiger partial charge on any atom is -0.333 e. The van der Waals surface area contributed by atoms with Gasteiger partial charge in [0.1, 0.15) is 6.54 Å². The van der Waals surface area contributed by atoms with Crippen molar-refractivity contribution in [1.29, 1.82) is 0 Å². The van der Waals surface area contributed by atoms with E-state index in [1.807, 2.05) is 0 Å². The van der Waals surface area contributed by atoms with Crippen LogP contribution in [0.15, 0.2) is 24.3 Å². The Bertz CT molecular complexity index is 835. The second-order valence-corrected chi connectivity index (χ2v) is 5.97. The van der Waals surface area contributed by atoms with Crippen molar-refractivity contribution in [3.63, 3.8) is 0 Å². The van der Waals surface area contributed by atoms with Gasteiger partial charge in [-0.1, -0.05) is 6.07 Å². The van der Waals surface area contributed by atoms with Crippen LogP contribution >= 0.6 is 0 Å². The van der Waals surface area contributed by atoms with Gasteiger partial charge in [0.2, 0.25) is 11.8 Å². The van der Waals surface area contributed by atoms with Crippen LogP contribution < -0.4 is 5.32 Å². The van der Waals surface area contributed by atoms with E-state index in [4.69, 9.17) is 0 Å². The smallest absolute Gasteiger partial charge is 0.333 e. The lowest BCUT2D eigenvalue weighted by Crippen LogP contribution is -2.36. The van der Waals surface area contributed by atoms with Crippen molar-refractivity contribution in [2.45, 2.75) is 19.5 Å². The molecule has 0 radical (unpaired) electrons. The van der Waals surface area contributed by atoms with Crippen LogP contribution in [0.3, 0.4) is 0 Å². The van der Waals surface area contributed by atoms with Gasteiger partial charge in [0.15, 0.2) is 5.82 Å². The van der Waals surface area contributed by atoms with Crippen LogP contribution in [0, 0.1) is 12.8 Å². The highest BCUT2D eigenvalue weighted by Gasteiger charge is 2.40. The molecule has 26 heavy (non-hydrogen) atoms. The van der Waals surface area contributed by atoms with Gasteiger partial charge in [0, 0.05) is 18.7 Å². The van der Waals surface area contributed by atoms with Gasteiger partial charge in [0.05, 0.1) is 11.6 Å². The highest BCUT2D eigenvalue weighted by atomic mass is 19.4. The predicted molar refractivity (Wildman–Crippen MR) is 83.3 cm³/mol. The number of tetrazole rings is 1. The maximum Gasteiger partial charge on any atom is 0.406 e. The average molecular weight is 368 g/mol. The number of nitrogens with one attached hydrogen (secondary N) is 1. The molecule has 1 fully saturated rings. The van der Waals surface area contributed by atoms with Crippen LogP contribution in [-0.4, -0.2) is 56.2 Å². The molecule has 0 aliphatic carbocycles. The molecule has 11 heteroatoms. The molecular formula is C15H15F3N6O2. The van der Waals surface area contributed by atoms with Gasteiger partial charge in [-0.15, -0.1) is 5.10 Å². The summed E-state index contributed by atoms with van der Waals surface area (Å²) in [6.45, 7) is 0.115. The third-order valence-electron chi connectivity index (χ3n) is 3.94. The number of carbonyl (C=O) groups is 2. The van der Waals surface area contributed by atoms with E-state index in [9.17, 15) is 22.8 Å². The van der Waals surface area contributed by atoms with Crippen LogP contribution in [0.4, 0.5) is 18.9 Å². The summed E-state index contributed by atoms with van der Waals surface area (Å²) in [6.07, 6.45) is -4.73. The number of halogens is 3. The standard InChI is InChI=1S/C15H15F3N6O2/c1-9-20-21-22-24(9)12-4-2-3-11(6-12)19-14(26)10-5-13(25)23(7-10)8-15(16,17)18/h2-4,6,10H,5,7-8H2,1H3,(H,19,26). The van der Waals surface area contributed by atoms with Gasteiger partial charge in [0.25, 0.3) is 0 Å². The number of alkyl halides is 3. The number of benzene rings is 1. The van der Waals surface area contributed by atoms with Crippen LogP contribution in [0.5, 0.6) is 0 Å². The lowest BCUT2D eigenvalue weighted by atomic mass is 10.1. The molecule has 1 aliphatic heterocycles. The van der Waals surface area contributed by atoms with Crippen molar-refractivity contribution in [3.05, 3.63) is 30.1 Å². The van der Waals surface area contributed by atoms with E-state index in [-0.39, 0.29) is 13.0 Å². The molecule has 3 rings (SSSR count). The second-order valence-electron chi connectivity index (χ2n) is 5.97. The molecular weight excluding hydrogens is 353 g/mol. The van der Waals surface area contributed by atoms with E-state index >= 15 is 0 Å². The molecule has 1 saturated heterocycles. The van der Waals surface area contributed by atoms with Gasteiger partial charge in [-0.3, -0.25) is 9.59 Å². The van der Waals surface area contributed by atoms with Gasteiger partial charge in [-0.05, 0) is 35.5 Å². The van der Waals surface area contributed by atoms with Gasteiger partial charge in [-0.2, -0.15) is 17.9 Å². The van der Waals surface area contributed by atoms with E-state index < -0.39 is 30.5 Å². The molecule has 1 unspecified atom stereocenters. The predicted octanol–water partition coefficient (Wildman–Crippen LogP) is 1.32. The van der Waals surface area contributed by atoms with Crippen molar-refractivity contribution in [2.75, 3.05) is 18.4 Å². The SMILES string of the molecule is Cc1nnnn1-c1cccc(NC(=O)C2CC(=O)N(CC(F)(F)F)C2)c1. The lowest BCUT2D eigenvalue weighted by molar-refractivity contribution is -0.157. The molecule has 0 spiro atoms. The Labute approximate surface area is 146 Å². The van der Waals surface area contributed by atoms with Crippen molar-refractivity contribution < 1.29 is 22.8 Å². The zero-order valence-corrected chi connectivity index (χ0v) is 13.7. The molecule has 8 nitrogen and oxygen atoms in total. The minimum atomic E-state index is -4.49. The van der Waals surface area contributed by atoms with Gasteiger partial charge >= 0.3 is 6.18 Å². The third-order valence-corrected chi connectivity index (χ3v) is 3.94. The largest absolute Gasteiger partial charge is 0.406 e. The molecule has 1 aromatic heterocycles. The summed E-state index contributed by atoms with van der Waals surface area (Å²) in [5, 5.41) is 13.8. The summed E-state index contributed by atoms with van der Waals surface area (Å²) >= 11 is 0. The maximum atomic E-state index is 12.5. The van der Waals surface area contributed by atoms with E-state index in [2.05, 4.69) is 20.8 Å². The number of hydrogen-bond donors (Lipinski definition) is 1. The summed E-state index contributed by atoms with van der Waals surface area (Å²) in [7, 11) is 0. The summed E-state index contributed by atoms with van der Waals surface area (Å²) in [5.74, 6) is -1.46.